The molecule has 0 aromatic carbocycles. The lowest BCUT2D eigenvalue weighted by molar-refractivity contribution is 0.0731. The zero-order chi connectivity index (χ0) is 17.2. The molecule has 0 radical (unpaired) electrons. The molecule has 4 rings (SSSR count). The molecule has 0 spiro atoms. The number of amides is 1. The number of hydrogen-bond acceptors (Lipinski definition) is 4. The summed E-state index contributed by atoms with van der Waals surface area (Å²) in [7, 11) is 0. The summed E-state index contributed by atoms with van der Waals surface area (Å²) in [6, 6.07) is 9.53. The minimum Gasteiger partial charge on any atom is -0.459 e. The first-order chi connectivity index (χ1) is 12.3. The van der Waals surface area contributed by atoms with E-state index in [0.29, 0.717) is 23.5 Å². The molecule has 3 heterocycles. The van der Waals surface area contributed by atoms with E-state index >= 15 is 0 Å². The Morgan fingerprint density at radius 3 is 2.80 bits per heavy atom. The van der Waals surface area contributed by atoms with E-state index in [2.05, 4.69) is 22.5 Å². The third kappa shape index (κ3) is 3.37. The van der Waals surface area contributed by atoms with Crippen molar-refractivity contribution >= 4 is 5.91 Å². The van der Waals surface area contributed by atoms with Crippen LogP contribution in [-0.2, 0) is 6.54 Å². The van der Waals surface area contributed by atoms with Crippen molar-refractivity contribution in [2.45, 2.75) is 6.54 Å². The van der Waals surface area contributed by atoms with Gasteiger partial charge in [0.1, 0.15) is 0 Å². The fraction of sp³-hybridized carbons (Fsp3) is 0.400. The van der Waals surface area contributed by atoms with E-state index in [1.54, 1.807) is 18.4 Å². The monoisotopic (exact) mass is 337 g/mol. The lowest BCUT2D eigenvalue weighted by Crippen LogP contribution is -2.34. The van der Waals surface area contributed by atoms with E-state index in [1.807, 2.05) is 29.3 Å². The summed E-state index contributed by atoms with van der Waals surface area (Å²) < 4.78 is 5.23. The summed E-state index contributed by atoms with van der Waals surface area (Å²) in [4.78, 5) is 21.1. The number of likely N-dealkylation sites (tertiary alicyclic amines) is 1. The molecule has 3 atom stereocenters. The average molecular weight is 337 g/mol. The quantitative estimate of drug-likeness (QED) is 0.729. The predicted molar refractivity (Wildman–Crippen MR) is 94.8 cm³/mol. The Morgan fingerprint density at radius 1 is 1.32 bits per heavy atom. The number of furan rings is 1. The molecule has 130 valence electrons. The molecule has 2 aliphatic rings. The second-order valence-electron chi connectivity index (χ2n) is 6.98. The van der Waals surface area contributed by atoms with Gasteiger partial charge in [0.05, 0.1) is 12.0 Å². The Balaban J connectivity index is 1.31. The number of fused-ring (bicyclic) bond motifs is 1. The first-order valence-corrected chi connectivity index (χ1v) is 8.82. The van der Waals surface area contributed by atoms with Crippen molar-refractivity contribution in [1.82, 2.24) is 14.8 Å². The molecule has 1 aliphatic carbocycles. The maximum absolute atomic E-state index is 12.3. The van der Waals surface area contributed by atoms with Gasteiger partial charge in [-0.05, 0) is 42.0 Å². The smallest absolute Gasteiger partial charge is 0.289 e. The fourth-order valence-electron chi connectivity index (χ4n) is 4.05. The summed E-state index contributed by atoms with van der Waals surface area (Å²) in [5.74, 6) is 2.38. The van der Waals surface area contributed by atoms with Gasteiger partial charge in [-0.15, -0.1) is 6.58 Å². The SMILES string of the molecule is C=CCN(Cc1ccccn1)CC1[C@H]2CN(C(=O)c3ccco3)C[C@@H]12. The summed E-state index contributed by atoms with van der Waals surface area (Å²) >= 11 is 0. The van der Waals surface area contributed by atoms with E-state index in [4.69, 9.17) is 4.42 Å². The number of hydrogen-bond donors (Lipinski definition) is 0. The second-order valence-corrected chi connectivity index (χ2v) is 6.98. The van der Waals surface area contributed by atoms with Crippen LogP contribution in [0.4, 0.5) is 0 Å². The summed E-state index contributed by atoms with van der Waals surface area (Å²) in [5.41, 5.74) is 1.09. The molecule has 5 heteroatoms. The standard InChI is InChI=1S/C20H23N3O2/c1-2-9-22(11-15-6-3-4-8-21-15)12-16-17-13-23(14-18(16)17)20(24)19-7-5-10-25-19/h2-8,10,16-18H,1,9,11-14H2/t16?,17-,18+. The number of rotatable bonds is 7. The summed E-state index contributed by atoms with van der Waals surface area (Å²) in [5, 5.41) is 0. The maximum Gasteiger partial charge on any atom is 0.289 e. The van der Waals surface area contributed by atoms with Gasteiger partial charge in [0.25, 0.3) is 5.91 Å². The van der Waals surface area contributed by atoms with Gasteiger partial charge >= 0.3 is 0 Å². The number of piperidine rings is 1. The number of aromatic nitrogens is 1. The molecule has 1 saturated carbocycles. The van der Waals surface area contributed by atoms with Crippen molar-refractivity contribution in [2.75, 3.05) is 26.2 Å². The largest absolute Gasteiger partial charge is 0.459 e. The van der Waals surface area contributed by atoms with Gasteiger partial charge in [0.15, 0.2) is 5.76 Å². The van der Waals surface area contributed by atoms with E-state index in [1.165, 1.54) is 0 Å². The van der Waals surface area contributed by atoms with Crippen LogP contribution in [0.5, 0.6) is 0 Å². The molecule has 1 saturated heterocycles. The molecular formula is C20H23N3O2. The minimum absolute atomic E-state index is 0.0207. The van der Waals surface area contributed by atoms with Gasteiger partial charge in [-0.2, -0.15) is 0 Å². The van der Waals surface area contributed by atoms with Crippen LogP contribution >= 0.6 is 0 Å². The van der Waals surface area contributed by atoms with Crippen LogP contribution in [0.1, 0.15) is 16.2 Å². The molecule has 5 nitrogen and oxygen atoms in total. The Labute approximate surface area is 147 Å². The molecular weight excluding hydrogens is 314 g/mol. The van der Waals surface area contributed by atoms with Crippen molar-refractivity contribution in [1.29, 1.82) is 0 Å². The van der Waals surface area contributed by atoms with Gasteiger partial charge in [-0.25, -0.2) is 0 Å². The molecule has 0 bridgehead atoms. The number of pyridine rings is 1. The fourth-order valence-corrected chi connectivity index (χ4v) is 4.05. The van der Waals surface area contributed by atoms with E-state index in [-0.39, 0.29) is 5.91 Å². The van der Waals surface area contributed by atoms with E-state index in [0.717, 1.165) is 38.4 Å². The van der Waals surface area contributed by atoms with Crippen molar-refractivity contribution in [3.63, 3.8) is 0 Å². The van der Waals surface area contributed by atoms with Gasteiger partial charge in [0.2, 0.25) is 0 Å². The third-order valence-corrected chi connectivity index (χ3v) is 5.36. The van der Waals surface area contributed by atoms with E-state index < -0.39 is 0 Å². The Bertz CT molecular complexity index is 717. The Kier molecular flexibility index (Phi) is 4.40. The normalized spacial score (nSPS) is 24.4. The maximum atomic E-state index is 12.3. The third-order valence-electron chi connectivity index (χ3n) is 5.36. The second kappa shape index (κ2) is 6.84. The highest BCUT2D eigenvalue weighted by atomic mass is 16.3. The van der Waals surface area contributed by atoms with Gasteiger partial charge < -0.3 is 9.32 Å². The highest BCUT2D eigenvalue weighted by Crippen LogP contribution is 2.52. The van der Waals surface area contributed by atoms with Crippen molar-refractivity contribution in [3.05, 3.63) is 66.9 Å². The molecule has 2 aromatic rings. The highest BCUT2D eigenvalue weighted by molar-refractivity contribution is 5.91. The zero-order valence-corrected chi connectivity index (χ0v) is 14.3. The molecule has 2 aromatic heterocycles. The van der Waals surface area contributed by atoms with Crippen LogP contribution in [0.15, 0.2) is 59.9 Å². The van der Waals surface area contributed by atoms with Crippen LogP contribution < -0.4 is 0 Å². The molecule has 0 N–H and O–H groups in total. The lowest BCUT2D eigenvalue weighted by Gasteiger charge is -2.23. The molecule has 1 amide bonds. The first-order valence-electron chi connectivity index (χ1n) is 8.82. The molecule has 1 unspecified atom stereocenters. The Hall–Kier alpha value is -2.40. The van der Waals surface area contributed by atoms with Crippen molar-refractivity contribution < 1.29 is 9.21 Å². The zero-order valence-electron chi connectivity index (χ0n) is 14.3. The van der Waals surface area contributed by atoms with Crippen LogP contribution in [0.3, 0.4) is 0 Å². The van der Waals surface area contributed by atoms with Gasteiger partial charge in [-0.1, -0.05) is 12.1 Å². The number of carbonyl (C=O) groups is 1. The van der Waals surface area contributed by atoms with Crippen molar-refractivity contribution in [2.24, 2.45) is 17.8 Å². The van der Waals surface area contributed by atoms with Crippen LogP contribution in [0.25, 0.3) is 0 Å². The van der Waals surface area contributed by atoms with Crippen LogP contribution in [0, 0.1) is 17.8 Å². The summed E-state index contributed by atoms with van der Waals surface area (Å²) in [6.45, 7) is 8.33. The lowest BCUT2D eigenvalue weighted by atomic mass is 10.2. The number of nitrogens with zero attached hydrogens (tertiary/aromatic N) is 3. The van der Waals surface area contributed by atoms with Gasteiger partial charge in [-0.3, -0.25) is 14.7 Å². The first kappa shape index (κ1) is 16.1. The van der Waals surface area contributed by atoms with Crippen LogP contribution in [0.2, 0.25) is 0 Å². The summed E-state index contributed by atoms with van der Waals surface area (Å²) in [6.07, 6.45) is 5.34. The predicted octanol–water partition coefficient (Wildman–Crippen LogP) is 2.68. The van der Waals surface area contributed by atoms with Crippen LogP contribution in [-0.4, -0.2) is 46.9 Å². The Morgan fingerprint density at radius 2 is 2.16 bits per heavy atom. The van der Waals surface area contributed by atoms with Gasteiger partial charge in [0, 0.05) is 38.9 Å². The topological polar surface area (TPSA) is 49.6 Å². The van der Waals surface area contributed by atoms with E-state index in [9.17, 15) is 4.79 Å². The van der Waals surface area contributed by atoms with Crippen molar-refractivity contribution in [3.8, 4) is 0 Å². The minimum atomic E-state index is 0.0207. The molecule has 2 fully saturated rings. The molecule has 25 heavy (non-hydrogen) atoms. The molecule has 1 aliphatic heterocycles. The average Bonchev–Trinajstić information content (AvgIpc) is 3.08. The number of carbonyl (C=O) groups excluding carboxylic acids is 1. The highest BCUT2D eigenvalue weighted by Gasteiger charge is 2.56.